The second-order valence-corrected chi connectivity index (χ2v) is 6.73. The van der Waals surface area contributed by atoms with E-state index in [1.807, 2.05) is 42.5 Å². The molecule has 7 heteroatoms. The average Bonchev–Trinajstić information content (AvgIpc) is 3.30. The molecule has 0 atom stereocenters. The minimum absolute atomic E-state index is 0.186. The molecule has 0 radical (unpaired) electrons. The molecule has 7 nitrogen and oxygen atoms in total. The van der Waals surface area contributed by atoms with Crippen molar-refractivity contribution in [2.24, 2.45) is 0 Å². The lowest BCUT2D eigenvalue weighted by molar-refractivity contribution is 0.101. The number of aromatic nitrogens is 2. The molecular formula is C24H18N4O3. The molecule has 0 saturated carbocycles. The average molecular weight is 410 g/mol. The summed E-state index contributed by atoms with van der Waals surface area (Å²) in [5, 5.41) is 15.4. The molecule has 2 aromatic carbocycles. The largest absolute Gasteiger partial charge is 0.489 e. The number of amides is 1. The third-order valence-electron chi connectivity index (χ3n) is 4.50. The molecule has 4 rings (SSSR count). The molecule has 0 fully saturated rings. The van der Waals surface area contributed by atoms with E-state index in [1.165, 1.54) is 0 Å². The van der Waals surface area contributed by atoms with Gasteiger partial charge in [0.2, 0.25) is 0 Å². The van der Waals surface area contributed by atoms with Crippen LogP contribution in [0.5, 0.6) is 5.75 Å². The topological polar surface area (TPSA) is 101 Å². The molecule has 0 unspecified atom stereocenters. The molecule has 0 aliphatic carbocycles. The summed E-state index contributed by atoms with van der Waals surface area (Å²) in [5.74, 6) is 0.841. The summed E-state index contributed by atoms with van der Waals surface area (Å²) in [6, 6.07) is 22.1. The number of nitrogens with zero attached hydrogens (tertiary/aromatic N) is 3. The third kappa shape index (κ3) is 5.14. The summed E-state index contributed by atoms with van der Waals surface area (Å²) in [6.07, 6.45) is 3.66. The van der Waals surface area contributed by atoms with Gasteiger partial charge >= 0.3 is 0 Å². The first-order chi connectivity index (χ1) is 15.2. The first kappa shape index (κ1) is 19.9. The summed E-state index contributed by atoms with van der Waals surface area (Å²) in [5.41, 5.74) is 3.45. The van der Waals surface area contributed by atoms with Crippen LogP contribution in [-0.4, -0.2) is 16.0 Å². The van der Waals surface area contributed by atoms with Crippen molar-refractivity contribution in [1.29, 1.82) is 5.26 Å². The van der Waals surface area contributed by atoms with Gasteiger partial charge in [0.25, 0.3) is 5.91 Å². The zero-order valence-corrected chi connectivity index (χ0v) is 16.5. The number of hydrogen-bond acceptors (Lipinski definition) is 6. The number of rotatable bonds is 7. The standard InChI is InChI=1S/C24H18N4O3/c25-11-8-17-4-6-21(7-5-17)30-16-18-2-1-3-20(14-18)27-24(29)22-15-23(31-28-22)19-9-12-26-13-10-19/h1-7,9-10,12-15H,8,16H2,(H,27,29). The van der Waals surface area contributed by atoms with Crippen molar-refractivity contribution in [1.82, 2.24) is 10.1 Å². The van der Waals surface area contributed by atoms with E-state index >= 15 is 0 Å². The molecule has 1 N–H and O–H groups in total. The van der Waals surface area contributed by atoms with Gasteiger partial charge < -0.3 is 14.6 Å². The quantitative estimate of drug-likeness (QED) is 0.476. The lowest BCUT2D eigenvalue weighted by atomic mass is 10.1. The number of benzene rings is 2. The van der Waals surface area contributed by atoms with Gasteiger partial charge in [0.1, 0.15) is 12.4 Å². The van der Waals surface area contributed by atoms with E-state index < -0.39 is 0 Å². The maximum Gasteiger partial charge on any atom is 0.277 e. The van der Waals surface area contributed by atoms with E-state index in [9.17, 15) is 4.79 Å². The Morgan fingerprint density at radius 3 is 2.61 bits per heavy atom. The Kier molecular flexibility index (Phi) is 6.00. The highest BCUT2D eigenvalue weighted by Crippen LogP contribution is 2.21. The van der Waals surface area contributed by atoms with Crippen molar-refractivity contribution in [3.63, 3.8) is 0 Å². The van der Waals surface area contributed by atoms with Crippen molar-refractivity contribution in [2.75, 3.05) is 5.32 Å². The molecule has 0 spiro atoms. The number of hydrogen-bond donors (Lipinski definition) is 1. The molecule has 2 aromatic heterocycles. The van der Waals surface area contributed by atoms with Gasteiger partial charge in [-0.15, -0.1) is 0 Å². The van der Waals surface area contributed by atoms with Crippen LogP contribution in [0.25, 0.3) is 11.3 Å². The second-order valence-electron chi connectivity index (χ2n) is 6.73. The fourth-order valence-electron chi connectivity index (χ4n) is 2.93. The highest BCUT2D eigenvalue weighted by Gasteiger charge is 2.14. The Balaban J connectivity index is 1.37. The molecule has 1 amide bonds. The van der Waals surface area contributed by atoms with Gasteiger partial charge in [-0.1, -0.05) is 29.4 Å². The van der Waals surface area contributed by atoms with Crippen LogP contribution in [0.1, 0.15) is 21.6 Å². The molecular weight excluding hydrogens is 392 g/mol. The van der Waals surface area contributed by atoms with Crippen LogP contribution in [-0.2, 0) is 13.0 Å². The number of carbonyl (C=O) groups excluding carboxylic acids is 1. The first-order valence-corrected chi connectivity index (χ1v) is 9.57. The zero-order chi connectivity index (χ0) is 21.5. The maximum absolute atomic E-state index is 12.5. The van der Waals surface area contributed by atoms with Crippen LogP contribution in [0.15, 0.2) is 83.6 Å². The summed E-state index contributed by atoms with van der Waals surface area (Å²) in [4.78, 5) is 16.5. The first-order valence-electron chi connectivity index (χ1n) is 9.57. The summed E-state index contributed by atoms with van der Waals surface area (Å²) < 4.78 is 11.1. The Hall–Kier alpha value is -4.44. The third-order valence-corrected chi connectivity index (χ3v) is 4.50. The molecule has 2 heterocycles. The highest BCUT2D eigenvalue weighted by atomic mass is 16.5. The Labute approximate surface area is 178 Å². The van der Waals surface area contributed by atoms with Gasteiger partial charge in [0.05, 0.1) is 12.5 Å². The normalized spacial score (nSPS) is 10.3. The SMILES string of the molecule is N#CCc1ccc(OCc2cccc(NC(=O)c3cc(-c4ccncc4)on3)c2)cc1. The predicted octanol–water partition coefficient (Wildman–Crippen LogP) is 4.63. The summed E-state index contributed by atoms with van der Waals surface area (Å²) in [7, 11) is 0. The predicted molar refractivity (Wildman–Crippen MR) is 114 cm³/mol. The molecule has 0 saturated heterocycles. The fourth-order valence-corrected chi connectivity index (χ4v) is 2.93. The van der Waals surface area contributed by atoms with Crippen LogP contribution in [0.2, 0.25) is 0 Å². The molecule has 152 valence electrons. The van der Waals surface area contributed by atoms with E-state index in [4.69, 9.17) is 14.5 Å². The zero-order valence-electron chi connectivity index (χ0n) is 16.5. The van der Waals surface area contributed by atoms with Crippen molar-refractivity contribution in [3.8, 4) is 23.1 Å². The van der Waals surface area contributed by atoms with Crippen LogP contribution in [0, 0.1) is 11.3 Å². The number of anilines is 1. The van der Waals surface area contributed by atoms with Crippen molar-refractivity contribution in [2.45, 2.75) is 13.0 Å². The second kappa shape index (κ2) is 9.37. The van der Waals surface area contributed by atoms with Gasteiger partial charge in [-0.05, 0) is 47.5 Å². The van der Waals surface area contributed by atoms with E-state index in [1.54, 1.807) is 36.7 Å². The Bertz CT molecular complexity index is 1210. The van der Waals surface area contributed by atoms with E-state index in [2.05, 4.69) is 21.5 Å². The molecule has 0 aliphatic rings. The number of nitriles is 1. The molecule has 4 aromatic rings. The van der Waals surface area contributed by atoms with Crippen LogP contribution in [0.3, 0.4) is 0 Å². The van der Waals surface area contributed by atoms with Gasteiger partial charge in [0.15, 0.2) is 11.5 Å². The smallest absolute Gasteiger partial charge is 0.277 e. The van der Waals surface area contributed by atoms with E-state index in [-0.39, 0.29) is 11.6 Å². The lowest BCUT2D eigenvalue weighted by Gasteiger charge is -2.09. The van der Waals surface area contributed by atoms with Gasteiger partial charge in [-0.2, -0.15) is 5.26 Å². The van der Waals surface area contributed by atoms with E-state index in [0.717, 1.165) is 16.7 Å². The maximum atomic E-state index is 12.5. The lowest BCUT2D eigenvalue weighted by Crippen LogP contribution is -2.12. The number of ether oxygens (including phenoxy) is 1. The molecule has 31 heavy (non-hydrogen) atoms. The van der Waals surface area contributed by atoms with Crippen LogP contribution in [0.4, 0.5) is 5.69 Å². The van der Waals surface area contributed by atoms with Gasteiger partial charge in [-0.3, -0.25) is 9.78 Å². The van der Waals surface area contributed by atoms with Crippen molar-refractivity contribution in [3.05, 3.63) is 95.9 Å². The summed E-state index contributed by atoms with van der Waals surface area (Å²) in [6.45, 7) is 0.345. The minimum Gasteiger partial charge on any atom is -0.489 e. The Morgan fingerprint density at radius 1 is 1.03 bits per heavy atom. The van der Waals surface area contributed by atoms with Crippen molar-refractivity contribution >= 4 is 11.6 Å². The summed E-state index contributed by atoms with van der Waals surface area (Å²) >= 11 is 0. The molecule has 0 bridgehead atoms. The molecule has 0 aliphatic heterocycles. The highest BCUT2D eigenvalue weighted by molar-refractivity contribution is 6.03. The number of pyridine rings is 1. The monoisotopic (exact) mass is 410 g/mol. The Morgan fingerprint density at radius 2 is 1.84 bits per heavy atom. The van der Waals surface area contributed by atoms with E-state index in [0.29, 0.717) is 30.2 Å². The van der Waals surface area contributed by atoms with Crippen LogP contribution < -0.4 is 10.1 Å². The van der Waals surface area contributed by atoms with Crippen molar-refractivity contribution < 1.29 is 14.1 Å². The fraction of sp³-hybridized carbons (Fsp3) is 0.0833. The number of carbonyl (C=O) groups is 1. The van der Waals surface area contributed by atoms with Gasteiger partial charge in [-0.25, -0.2) is 0 Å². The van der Waals surface area contributed by atoms with Gasteiger partial charge in [0, 0.05) is 29.7 Å². The van der Waals surface area contributed by atoms with Crippen LogP contribution >= 0.6 is 0 Å². The number of nitrogens with one attached hydrogen (secondary N) is 1. The minimum atomic E-state index is -0.366.